The molecule has 0 N–H and O–H groups in total. The molecule has 6 heteroatoms. The summed E-state index contributed by atoms with van der Waals surface area (Å²) in [6, 6.07) is 6.22. The minimum absolute atomic E-state index is 0.101. The average Bonchev–Trinajstić information content (AvgIpc) is 3.32. The number of pyridine rings is 1. The zero-order chi connectivity index (χ0) is 17.1. The molecule has 6 nitrogen and oxygen atoms in total. The molecule has 1 saturated heterocycles. The number of hydrogen-bond donors (Lipinski definition) is 0. The molecule has 2 aliphatic rings. The Bertz CT molecular complexity index is 708. The lowest BCUT2D eigenvalue weighted by Crippen LogP contribution is -2.38. The third kappa shape index (κ3) is 3.58. The Morgan fingerprint density at radius 2 is 1.92 bits per heavy atom. The summed E-state index contributed by atoms with van der Waals surface area (Å²) in [5, 5.41) is 4.19. The van der Waals surface area contributed by atoms with Crippen LogP contribution in [0.15, 0.2) is 36.8 Å². The molecule has 0 bridgehead atoms. The van der Waals surface area contributed by atoms with Crippen LogP contribution in [0.2, 0.25) is 0 Å². The van der Waals surface area contributed by atoms with E-state index < -0.39 is 0 Å². The van der Waals surface area contributed by atoms with E-state index in [0.29, 0.717) is 11.4 Å². The van der Waals surface area contributed by atoms with Gasteiger partial charge in [0, 0.05) is 56.4 Å². The van der Waals surface area contributed by atoms with Gasteiger partial charge in [-0.1, -0.05) is 12.8 Å². The maximum Gasteiger partial charge on any atom is 0.254 e. The minimum atomic E-state index is 0.101. The first kappa shape index (κ1) is 16.3. The molecule has 132 valence electrons. The Morgan fingerprint density at radius 3 is 2.72 bits per heavy atom. The second kappa shape index (κ2) is 7.35. The van der Waals surface area contributed by atoms with Crippen LogP contribution < -0.4 is 0 Å². The van der Waals surface area contributed by atoms with E-state index in [1.807, 2.05) is 23.2 Å². The highest BCUT2D eigenvalue weighted by atomic mass is 16.2. The Morgan fingerprint density at radius 1 is 1.04 bits per heavy atom. The van der Waals surface area contributed by atoms with Gasteiger partial charge in [-0.05, 0) is 37.5 Å². The lowest BCUT2D eigenvalue weighted by atomic mass is 10.2. The van der Waals surface area contributed by atoms with Crippen molar-refractivity contribution in [2.45, 2.75) is 38.1 Å². The van der Waals surface area contributed by atoms with Crippen molar-refractivity contribution in [1.82, 2.24) is 24.6 Å². The van der Waals surface area contributed by atoms with E-state index in [4.69, 9.17) is 0 Å². The summed E-state index contributed by atoms with van der Waals surface area (Å²) in [4.78, 5) is 21.9. The van der Waals surface area contributed by atoms with Crippen LogP contribution in [0.1, 0.15) is 42.5 Å². The van der Waals surface area contributed by atoms with Gasteiger partial charge in [-0.3, -0.25) is 9.69 Å². The summed E-state index contributed by atoms with van der Waals surface area (Å²) in [5.41, 5.74) is 0.690. The van der Waals surface area contributed by atoms with Gasteiger partial charge in [0.1, 0.15) is 0 Å². The highest BCUT2D eigenvalue weighted by Crippen LogP contribution is 2.24. The van der Waals surface area contributed by atoms with Crippen LogP contribution >= 0.6 is 0 Å². The van der Waals surface area contributed by atoms with Crippen LogP contribution in [-0.4, -0.2) is 62.7 Å². The van der Waals surface area contributed by atoms with E-state index in [9.17, 15) is 4.79 Å². The quantitative estimate of drug-likeness (QED) is 0.861. The van der Waals surface area contributed by atoms with E-state index >= 15 is 0 Å². The Kier molecular flexibility index (Phi) is 4.78. The third-order valence-corrected chi connectivity index (χ3v) is 5.39. The van der Waals surface area contributed by atoms with Crippen LogP contribution in [0.4, 0.5) is 0 Å². The topological polar surface area (TPSA) is 54.3 Å². The smallest absolute Gasteiger partial charge is 0.254 e. The van der Waals surface area contributed by atoms with E-state index in [0.717, 1.165) is 38.6 Å². The molecule has 1 amide bonds. The molecule has 2 aromatic heterocycles. The molecule has 2 fully saturated rings. The molecule has 4 rings (SSSR count). The van der Waals surface area contributed by atoms with Crippen molar-refractivity contribution in [2.75, 3.05) is 26.2 Å². The monoisotopic (exact) mass is 339 g/mol. The number of carbonyl (C=O) groups excluding carboxylic acids is 1. The van der Waals surface area contributed by atoms with Crippen LogP contribution in [0.3, 0.4) is 0 Å². The molecule has 25 heavy (non-hydrogen) atoms. The van der Waals surface area contributed by atoms with Crippen molar-refractivity contribution in [2.24, 2.45) is 0 Å². The Labute approximate surface area is 148 Å². The standard InChI is InChI=1S/C19H25N5O/c25-19(16-7-9-20-18(15-16)24-12-3-8-21-24)23-11-4-10-22(13-14-23)17-5-1-2-6-17/h3,7-9,12,15,17H,1-2,4-6,10-11,13-14H2. The molecule has 0 aromatic carbocycles. The van der Waals surface area contributed by atoms with Gasteiger partial charge in [0.15, 0.2) is 5.82 Å². The van der Waals surface area contributed by atoms with Crippen LogP contribution in [0.5, 0.6) is 0 Å². The highest BCUT2D eigenvalue weighted by molar-refractivity contribution is 5.94. The van der Waals surface area contributed by atoms with Gasteiger partial charge in [-0.25, -0.2) is 9.67 Å². The number of hydrogen-bond acceptors (Lipinski definition) is 4. The van der Waals surface area contributed by atoms with E-state index in [-0.39, 0.29) is 5.91 Å². The van der Waals surface area contributed by atoms with E-state index in [2.05, 4.69) is 15.0 Å². The molecule has 2 aromatic rings. The van der Waals surface area contributed by atoms with Crippen molar-refractivity contribution in [3.63, 3.8) is 0 Å². The van der Waals surface area contributed by atoms with Crippen molar-refractivity contribution in [3.8, 4) is 5.82 Å². The fraction of sp³-hybridized carbons (Fsp3) is 0.526. The summed E-state index contributed by atoms with van der Waals surface area (Å²) in [6.45, 7) is 3.76. The molecule has 1 aliphatic carbocycles. The van der Waals surface area contributed by atoms with Gasteiger partial charge in [0.2, 0.25) is 0 Å². The Balaban J connectivity index is 1.45. The van der Waals surface area contributed by atoms with E-state index in [1.54, 1.807) is 23.1 Å². The molecule has 0 spiro atoms. The number of nitrogens with zero attached hydrogens (tertiary/aromatic N) is 5. The first-order valence-corrected chi connectivity index (χ1v) is 9.31. The van der Waals surface area contributed by atoms with Gasteiger partial charge >= 0.3 is 0 Å². The van der Waals surface area contributed by atoms with Crippen LogP contribution in [0.25, 0.3) is 5.82 Å². The summed E-state index contributed by atoms with van der Waals surface area (Å²) < 4.78 is 1.68. The molecule has 3 heterocycles. The average molecular weight is 339 g/mol. The van der Waals surface area contributed by atoms with Gasteiger partial charge < -0.3 is 4.90 Å². The first-order valence-electron chi connectivity index (χ1n) is 9.31. The molecular weight excluding hydrogens is 314 g/mol. The van der Waals surface area contributed by atoms with Gasteiger partial charge in [-0.2, -0.15) is 5.10 Å². The summed E-state index contributed by atoms with van der Waals surface area (Å²) in [7, 11) is 0. The number of aromatic nitrogens is 3. The van der Waals surface area contributed by atoms with Gasteiger partial charge in [0.25, 0.3) is 5.91 Å². The summed E-state index contributed by atoms with van der Waals surface area (Å²) in [5.74, 6) is 0.780. The predicted octanol–water partition coefficient (Wildman–Crippen LogP) is 2.36. The number of rotatable bonds is 3. The number of amides is 1. The number of carbonyl (C=O) groups is 1. The predicted molar refractivity (Wildman–Crippen MR) is 95.7 cm³/mol. The SMILES string of the molecule is O=C(c1ccnc(-n2cccn2)c1)N1CCCN(C2CCCC2)CC1. The second-order valence-electron chi connectivity index (χ2n) is 6.97. The van der Waals surface area contributed by atoms with Crippen LogP contribution in [-0.2, 0) is 0 Å². The fourth-order valence-electron chi connectivity index (χ4n) is 4.04. The third-order valence-electron chi connectivity index (χ3n) is 5.39. The molecule has 1 saturated carbocycles. The maximum atomic E-state index is 13.0. The summed E-state index contributed by atoms with van der Waals surface area (Å²) >= 11 is 0. The minimum Gasteiger partial charge on any atom is -0.337 e. The Hall–Kier alpha value is -2.21. The molecule has 0 atom stereocenters. The first-order chi connectivity index (χ1) is 12.3. The fourth-order valence-corrected chi connectivity index (χ4v) is 4.04. The van der Waals surface area contributed by atoms with Gasteiger partial charge in [-0.15, -0.1) is 0 Å². The maximum absolute atomic E-state index is 13.0. The van der Waals surface area contributed by atoms with Crippen molar-refractivity contribution in [1.29, 1.82) is 0 Å². The zero-order valence-corrected chi connectivity index (χ0v) is 14.5. The largest absolute Gasteiger partial charge is 0.337 e. The normalized spacial score (nSPS) is 19.9. The van der Waals surface area contributed by atoms with Gasteiger partial charge in [0.05, 0.1) is 0 Å². The molecular formula is C19H25N5O. The lowest BCUT2D eigenvalue weighted by molar-refractivity contribution is 0.0758. The molecule has 0 unspecified atom stereocenters. The lowest BCUT2D eigenvalue weighted by Gasteiger charge is -2.27. The highest BCUT2D eigenvalue weighted by Gasteiger charge is 2.26. The molecule has 0 radical (unpaired) electrons. The van der Waals surface area contributed by atoms with Crippen molar-refractivity contribution < 1.29 is 4.79 Å². The molecule has 1 aliphatic heterocycles. The summed E-state index contributed by atoms with van der Waals surface area (Å²) in [6.07, 6.45) is 11.7. The van der Waals surface area contributed by atoms with Crippen LogP contribution in [0, 0.1) is 0 Å². The van der Waals surface area contributed by atoms with E-state index in [1.165, 1.54) is 25.7 Å². The van der Waals surface area contributed by atoms with Crippen molar-refractivity contribution in [3.05, 3.63) is 42.4 Å². The second-order valence-corrected chi connectivity index (χ2v) is 6.97. The zero-order valence-electron chi connectivity index (χ0n) is 14.5. The van der Waals surface area contributed by atoms with Crippen molar-refractivity contribution >= 4 is 5.91 Å².